The van der Waals surface area contributed by atoms with E-state index in [1.54, 1.807) is 22.8 Å². The average Bonchev–Trinajstić information content (AvgIpc) is 2.75. The molecule has 0 fully saturated rings. The Morgan fingerprint density at radius 1 is 1.20 bits per heavy atom. The lowest BCUT2D eigenvalue weighted by molar-refractivity contribution is 0.0601. The molecule has 8 heteroatoms. The molecule has 1 heterocycles. The van der Waals surface area contributed by atoms with Crippen molar-refractivity contribution in [2.45, 2.75) is 30.4 Å². The molecular formula is C22H24N2O4S2. The van der Waals surface area contributed by atoms with Gasteiger partial charge >= 0.3 is 5.97 Å². The number of nitrogens with zero attached hydrogens (tertiary/aromatic N) is 2. The second kappa shape index (κ2) is 10.0. The van der Waals surface area contributed by atoms with Gasteiger partial charge in [0.1, 0.15) is 0 Å². The third-order valence-corrected chi connectivity index (χ3v) is 7.00. The zero-order chi connectivity index (χ0) is 21.7. The summed E-state index contributed by atoms with van der Waals surface area (Å²) < 4.78 is 18.9. The second-order valence-electron chi connectivity index (χ2n) is 7.14. The molecule has 0 N–H and O–H groups in total. The normalized spacial score (nSPS) is 12.3. The Labute approximate surface area is 182 Å². The van der Waals surface area contributed by atoms with Crippen molar-refractivity contribution >= 4 is 39.4 Å². The third kappa shape index (κ3) is 5.17. The summed E-state index contributed by atoms with van der Waals surface area (Å²) in [5, 5.41) is 1.02. The van der Waals surface area contributed by atoms with Gasteiger partial charge in [0.25, 0.3) is 5.56 Å². The van der Waals surface area contributed by atoms with E-state index in [-0.39, 0.29) is 11.5 Å². The number of rotatable bonds is 8. The smallest absolute Gasteiger partial charge is 0.337 e. The predicted molar refractivity (Wildman–Crippen MR) is 121 cm³/mol. The van der Waals surface area contributed by atoms with Crippen LogP contribution in [0.25, 0.3) is 10.9 Å². The van der Waals surface area contributed by atoms with Crippen LogP contribution in [0.3, 0.4) is 0 Å². The van der Waals surface area contributed by atoms with Gasteiger partial charge in [-0.05, 0) is 36.2 Å². The van der Waals surface area contributed by atoms with Crippen LogP contribution in [-0.2, 0) is 22.1 Å². The summed E-state index contributed by atoms with van der Waals surface area (Å²) in [7, 11) is 0.199. The van der Waals surface area contributed by atoms with Crippen LogP contribution in [0.1, 0.15) is 24.2 Å². The number of carbonyl (C=O) groups is 1. The molecule has 0 aliphatic heterocycles. The fourth-order valence-corrected chi connectivity index (χ4v) is 5.27. The van der Waals surface area contributed by atoms with Crippen LogP contribution in [-0.4, -0.2) is 38.3 Å². The van der Waals surface area contributed by atoms with Crippen LogP contribution < -0.4 is 5.56 Å². The van der Waals surface area contributed by atoms with Gasteiger partial charge in [0.2, 0.25) is 0 Å². The summed E-state index contributed by atoms with van der Waals surface area (Å²) in [6, 6.07) is 14.1. The maximum Gasteiger partial charge on any atom is 0.337 e. The van der Waals surface area contributed by atoms with Crippen molar-refractivity contribution in [3.8, 4) is 0 Å². The van der Waals surface area contributed by atoms with E-state index in [0.29, 0.717) is 39.7 Å². The van der Waals surface area contributed by atoms with Gasteiger partial charge in [0.05, 0.1) is 34.4 Å². The van der Waals surface area contributed by atoms with Crippen LogP contribution in [0, 0.1) is 5.92 Å². The number of aromatic nitrogens is 2. The van der Waals surface area contributed by atoms with Crippen LogP contribution in [0.2, 0.25) is 0 Å². The van der Waals surface area contributed by atoms with Crippen molar-refractivity contribution in [1.29, 1.82) is 0 Å². The molecule has 0 spiro atoms. The van der Waals surface area contributed by atoms with E-state index >= 15 is 0 Å². The van der Waals surface area contributed by atoms with E-state index in [1.165, 1.54) is 18.9 Å². The zero-order valence-electron chi connectivity index (χ0n) is 17.2. The minimum Gasteiger partial charge on any atom is -0.465 e. The number of ether oxygens (including phenoxy) is 1. The Hall–Kier alpha value is -2.45. The Bertz CT molecular complexity index is 1130. The molecule has 1 aromatic heterocycles. The third-order valence-electron chi connectivity index (χ3n) is 4.40. The maximum atomic E-state index is 13.1. The Kier molecular flexibility index (Phi) is 7.44. The predicted octanol–water partition coefficient (Wildman–Crippen LogP) is 3.74. The highest BCUT2D eigenvalue weighted by molar-refractivity contribution is 8.00. The lowest BCUT2D eigenvalue weighted by Crippen LogP contribution is -2.26. The first-order valence-corrected chi connectivity index (χ1v) is 11.9. The topological polar surface area (TPSA) is 78.3 Å². The molecule has 3 aromatic rings. The molecule has 6 nitrogen and oxygen atoms in total. The highest BCUT2D eigenvalue weighted by atomic mass is 32.2. The highest BCUT2D eigenvalue weighted by Gasteiger charge is 2.15. The number of thioether (sulfide) groups is 1. The number of esters is 1. The van der Waals surface area contributed by atoms with Crippen LogP contribution in [0.5, 0.6) is 0 Å². The van der Waals surface area contributed by atoms with Gasteiger partial charge in [-0.2, -0.15) is 0 Å². The molecule has 0 aliphatic rings. The summed E-state index contributed by atoms with van der Waals surface area (Å²) in [6.07, 6.45) is 0. The number of methoxy groups -OCH3 is 1. The van der Waals surface area contributed by atoms with Crippen LogP contribution >= 0.6 is 11.8 Å². The van der Waals surface area contributed by atoms with E-state index in [1.807, 2.05) is 44.2 Å². The molecule has 1 atom stereocenters. The van der Waals surface area contributed by atoms with Crippen molar-refractivity contribution in [3.63, 3.8) is 0 Å². The Balaban J connectivity index is 1.91. The molecule has 0 saturated heterocycles. The summed E-state index contributed by atoms with van der Waals surface area (Å²) in [5.74, 6) is 0.785. The highest BCUT2D eigenvalue weighted by Crippen LogP contribution is 2.21. The number of fused-ring (bicyclic) bond motifs is 1. The van der Waals surface area contributed by atoms with E-state index in [4.69, 9.17) is 4.74 Å². The lowest BCUT2D eigenvalue weighted by atomic mass is 10.1. The molecule has 2 aromatic carbocycles. The van der Waals surface area contributed by atoms with E-state index < -0.39 is 16.8 Å². The number of hydrogen-bond donors (Lipinski definition) is 0. The van der Waals surface area contributed by atoms with Gasteiger partial charge in [-0.1, -0.05) is 43.8 Å². The van der Waals surface area contributed by atoms with E-state index in [2.05, 4.69) is 4.98 Å². The fraction of sp³-hybridized carbons (Fsp3) is 0.318. The summed E-state index contributed by atoms with van der Waals surface area (Å²) >= 11 is 1.40. The summed E-state index contributed by atoms with van der Waals surface area (Å²) in [5.41, 5.74) is 0.658. The molecular weight excluding hydrogens is 420 g/mol. The molecule has 3 rings (SSSR count). The van der Waals surface area contributed by atoms with Crippen molar-refractivity contribution in [2.24, 2.45) is 5.92 Å². The SMILES string of the molecule is COC(=O)c1ccc2c(=O)n(CC(C)C)c(SCCS(=O)c3ccccc3)nc2c1. The van der Waals surface area contributed by atoms with Crippen LogP contribution in [0.15, 0.2) is 63.4 Å². The van der Waals surface area contributed by atoms with Crippen molar-refractivity contribution < 1.29 is 13.7 Å². The van der Waals surface area contributed by atoms with Crippen LogP contribution in [0.4, 0.5) is 0 Å². The number of benzene rings is 2. The zero-order valence-corrected chi connectivity index (χ0v) is 18.8. The molecule has 158 valence electrons. The van der Waals surface area contributed by atoms with E-state index in [9.17, 15) is 13.8 Å². The molecule has 0 aliphatic carbocycles. The molecule has 0 bridgehead atoms. The minimum absolute atomic E-state index is 0.142. The van der Waals surface area contributed by atoms with Gasteiger partial charge in [0, 0.05) is 22.9 Å². The Morgan fingerprint density at radius 2 is 1.93 bits per heavy atom. The first-order valence-electron chi connectivity index (χ1n) is 9.60. The monoisotopic (exact) mass is 444 g/mol. The van der Waals surface area contributed by atoms with Gasteiger partial charge < -0.3 is 4.74 Å². The van der Waals surface area contributed by atoms with Gasteiger partial charge in [-0.3, -0.25) is 13.6 Å². The fourth-order valence-electron chi connectivity index (χ4n) is 2.98. The molecule has 0 saturated carbocycles. The largest absolute Gasteiger partial charge is 0.465 e. The maximum absolute atomic E-state index is 13.1. The van der Waals surface area contributed by atoms with Crippen molar-refractivity contribution in [3.05, 3.63) is 64.4 Å². The first kappa shape index (κ1) is 22.2. The molecule has 0 radical (unpaired) electrons. The van der Waals surface area contributed by atoms with Gasteiger partial charge in [-0.15, -0.1) is 0 Å². The second-order valence-corrected chi connectivity index (χ2v) is 9.77. The molecule has 1 unspecified atom stereocenters. The number of hydrogen-bond acceptors (Lipinski definition) is 6. The minimum atomic E-state index is -1.12. The van der Waals surface area contributed by atoms with E-state index in [0.717, 1.165) is 4.90 Å². The lowest BCUT2D eigenvalue weighted by Gasteiger charge is -2.15. The first-order chi connectivity index (χ1) is 14.4. The quantitative estimate of drug-likeness (QED) is 0.299. The van der Waals surface area contributed by atoms with Crippen molar-refractivity contribution in [2.75, 3.05) is 18.6 Å². The average molecular weight is 445 g/mol. The Morgan fingerprint density at radius 3 is 2.60 bits per heavy atom. The van der Waals surface area contributed by atoms with Gasteiger partial charge in [-0.25, -0.2) is 9.78 Å². The molecule has 0 amide bonds. The standard InChI is InChI=1S/C22H24N2O4S2/c1-15(2)14-24-20(25)18-10-9-16(21(26)28-3)13-19(18)23-22(24)29-11-12-30(27)17-7-5-4-6-8-17/h4-10,13,15H,11-12,14H2,1-3H3. The summed E-state index contributed by atoms with van der Waals surface area (Å²) in [4.78, 5) is 30.4. The number of carbonyl (C=O) groups excluding carboxylic acids is 1. The summed E-state index contributed by atoms with van der Waals surface area (Å²) in [6.45, 7) is 4.61. The van der Waals surface area contributed by atoms with Gasteiger partial charge in [0.15, 0.2) is 5.16 Å². The molecule has 30 heavy (non-hydrogen) atoms. The van der Waals surface area contributed by atoms with Crippen molar-refractivity contribution in [1.82, 2.24) is 9.55 Å².